The molecule has 2 aromatic carbocycles. The van der Waals surface area contributed by atoms with Gasteiger partial charge in [0.05, 0.1) is 8.52 Å². The molecule has 0 N–H and O–H groups in total. The van der Waals surface area contributed by atoms with Crippen LogP contribution in [0.2, 0.25) is 0 Å². The molecule has 0 fully saturated rings. The molecule has 0 aliphatic rings. The van der Waals surface area contributed by atoms with Crippen molar-refractivity contribution in [1.82, 2.24) is 19.9 Å². The summed E-state index contributed by atoms with van der Waals surface area (Å²) in [7, 11) is -4.70. The molecule has 17 heteroatoms. The van der Waals surface area contributed by atoms with E-state index in [1.807, 2.05) is 80.6 Å². The zero-order chi connectivity index (χ0) is 39.0. The molecule has 0 bridgehead atoms. The van der Waals surface area contributed by atoms with Gasteiger partial charge in [-0.1, -0.05) is 74.5 Å². The standard InChI is InChI=1S/C17H13N3O3.C17H16N2O5S.CH3F.CN.Na/c1-2-12-8-14(21)23-17-15(12)16(19-13(9-18)20-17)22-10-11-6-4-3-5-7-11;1-3-12-9-13(20)24-16-14(12)15(18-17(19-16)25(2,21)22)23-10-11-7-5-4-6-8-11;2*1-2;/h3-8H,2,10H2,1H3;4-9H,3,10H2,1-2H3;1H3;;/q;;;-1;+1/i;;1D;;. The van der Waals surface area contributed by atoms with Crippen LogP contribution >= 0.6 is 0 Å². The molecule has 0 amide bonds. The zero-order valence-electron chi connectivity index (χ0n) is 30.2. The van der Waals surface area contributed by atoms with E-state index in [4.69, 9.17) is 36.8 Å². The maximum Gasteiger partial charge on any atom is 1.00 e. The van der Waals surface area contributed by atoms with Gasteiger partial charge in [0.2, 0.25) is 38.8 Å². The number of aromatic nitrogens is 4. The van der Waals surface area contributed by atoms with Gasteiger partial charge < -0.3 is 30.1 Å². The number of aryl methyl sites for hydroxylation is 2. The minimum atomic E-state index is -3.70. The number of alkyl halides is 1. The average molecular weight is 752 g/mol. The van der Waals surface area contributed by atoms with Gasteiger partial charge in [-0.05, 0) is 35.1 Å². The summed E-state index contributed by atoms with van der Waals surface area (Å²) < 4.78 is 60.9. The van der Waals surface area contributed by atoms with Gasteiger partial charge in [-0.25, -0.2) is 18.0 Å². The Morgan fingerprint density at radius 1 is 0.792 bits per heavy atom. The van der Waals surface area contributed by atoms with E-state index in [1.165, 1.54) is 12.1 Å². The van der Waals surface area contributed by atoms with Gasteiger partial charge >= 0.3 is 40.8 Å². The second-order valence-corrected chi connectivity index (χ2v) is 12.3. The molecule has 6 aromatic rings. The van der Waals surface area contributed by atoms with E-state index in [0.29, 0.717) is 35.8 Å². The summed E-state index contributed by atoms with van der Waals surface area (Å²) in [4.78, 5) is 39.3. The molecule has 14 nitrogen and oxygen atoms in total. The van der Waals surface area contributed by atoms with Crippen molar-refractivity contribution < 1.29 is 62.0 Å². The van der Waals surface area contributed by atoms with Crippen molar-refractivity contribution in [3.05, 3.63) is 128 Å². The molecular formula is C36H32FN6NaO8S. The van der Waals surface area contributed by atoms with Crippen LogP contribution in [0.1, 0.15) is 43.3 Å². The maximum absolute atomic E-state index is 11.8. The predicted molar refractivity (Wildman–Crippen MR) is 186 cm³/mol. The SMILES string of the molecule is CCc1cc(=O)oc2nc(C#N)nc(OCc3ccccc3)c12.CCc1cc(=O)oc2nc(S(C)(=O)=O)nc(OCc3ccccc3)c12.[2H]CF.[C-]#N.[Na+]. The molecule has 0 aliphatic heterocycles. The number of hydrogen-bond donors (Lipinski definition) is 0. The predicted octanol–water partition coefficient (Wildman–Crippen LogP) is 2.41. The Hall–Kier alpha value is -5.52. The van der Waals surface area contributed by atoms with Gasteiger partial charge in [-0.15, -0.1) is 0 Å². The molecule has 0 saturated carbocycles. The van der Waals surface area contributed by atoms with Crippen molar-refractivity contribution in [2.24, 2.45) is 0 Å². The second-order valence-electron chi connectivity index (χ2n) is 10.3. The van der Waals surface area contributed by atoms with Gasteiger partial charge in [0.25, 0.3) is 5.16 Å². The summed E-state index contributed by atoms with van der Waals surface area (Å²) in [5.74, 6) is 0.225. The first-order chi connectivity index (χ1) is 25.5. The summed E-state index contributed by atoms with van der Waals surface area (Å²) in [5.41, 5.74) is 2.09. The normalized spacial score (nSPS) is 10.4. The molecule has 0 radical (unpaired) electrons. The first-order valence-corrected chi connectivity index (χ1v) is 17.1. The van der Waals surface area contributed by atoms with E-state index in [1.54, 1.807) is 0 Å². The monoisotopic (exact) mass is 751 g/mol. The zero-order valence-corrected chi connectivity index (χ0v) is 32.0. The van der Waals surface area contributed by atoms with Gasteiger partial charge in [-0.2, -0.15) is 25.2 Å². The molecule has 0 aliphatic carbocycles. The van der Waals surface area contributed by atoms with Crippen molar-refractivity contribution in [2.45, 2.75) is 45.1 Å². The van der Waals surface area contributed by atoms with Crippen molar-refractivity contribution in [1.29, 1.82) is 10.5 Å². The van der Waals surface area contributed by atoms with E-state index in [9.17, 15) is 22.4 Å². The Kier molecular flexibility index (Phi) is 16.7. The Labute approximate surface area is 327 Å². The number of fused-ring (bicyclic) bond motifs is 2. The quantitative estimate of drug-likeness (QED) is 0.118. The van der Waals surface area contributed by atoms with Crippen molar-refractivity contribution >= 4 is 32.0 Å². The van der Waals surface area contributed by atoms with Crippen molar-refractivity contribution in [3.8, 4) is 17.8 Å². The summed E-state index contributed by atoms with van der Waals surface area (Å²) >= 11 is 0. The first-order valence-electron chi connectivity index (χ1n) is 15.9. The average Bonchev–Trinajstić information content (AvgIpc) is 3.16. The van der Waals surface area contributed by atoms with Crippen LogP contribution < -0.4 is 50.3 Å². The summed E-state index contributed by atoms with van der Waals surface area (Å²) in [6.45, 7) is 9.01. The molecule has 6 rings (SSSR count). The van der Waals surface area contributed by atoms with E-state index in [0.717, 1.165) is 22.9 Å². The van der Waals surface area contributed by atoms with Crippen LogP contribution in [-0.2, 0) is 35.9 Å². The van der Waals surface area contributed by atoms with Crippen LogP contribution in [-0.4, -0.2) is 41.8 Å². The molecule has 4 aromatic heterocycles. The van der Waals surface area contributed by atoms with Crippen LogP contribution in [0.25, 0.3) is 22.2 Å². The number of nitriles is 1. The van der Waals surface area contributed by atoms with Crippen LogP contribution in [0.3, 0.4) is 0 Å². The van der Waals surface area contributed by atoms with Crippen molar-refractivity contribution in [2.75, 3.05) is 13.4 Å². The fraction of sp³-hybridized carbons (Fsp3) is 0.222. The maximum atomic E-state index is 11.8. The number of rotatable bonds is 9. The Morgan fingerprint density at radius 3 is 1.60 bits per heavy atom. The molecule has 4 heterocycles. The molecule has 53 heavy (non-hydrogen) atoms. The van der Waals surface area contributed by atoms with Gasteiger partial charge in [0.1, 0.15) is 30.1 Å². The van der Waals surface area contributed by atoms with Crippen LogP contribution in [0.15, 0.2) is 96.4 Å². The molecule has 268 valence electrons. The molecular weight excluding hydrogens is 718 g/mol. The smallest absolute Gasteiger partial charge is 0.512 e. The van der Waals surface area contributed by atoms with Gasteiger partial charge in [0.15, 0.2) is 0 Å². The first kappa shape index (κ1) is 41.9. The second kappa shape index (κ2) is 21.1. The number of nitrogens with zero attached hydrogens (tertiary/aromatic N) is 6. The van der Waals surface area contributed by atoms with Gasteiger partial charge in [0, 0.05) is 18.4 Å². The minimum absolute atomic E-state index is 0. The number of halogens is 1. The Morgan fingerprint density at radius 2 is 1.21 bits per heavy atom. The largest absolute Gasteiger partial charge is 1.00 e. The number of hydrogen-bond acceptors (Lipinski definition) is 14. The Balaban J connectivity index is 0.000000329. The van der Waals surface area contributed by atoms with E-state index < -0.39 is 33.4 Å². The third-order valence-corrected chi connectivity index (χ3v) is 7.76. The van der Waals surface area contributed by atoms with Crippen LogP contribution in [0, 0.1) is 23.2 Å². The number of ether oxygens (including phenoxy) is 2. The molecule has 0 atom stereocenters. The third-order valence-electron chi connectivity index (χ3n) is 6.92. The summed E-state index contributed by atoms with van der Waals surface area (Å²) in [6, 6.07) is 23.6. The summed E-state index contributed by atoms with van der Waals surface area (Å²) in [6.07, 6.45) is 2.10. The summed E-state index contributed by atoms with van der Waals surface area (Å²) in [5, 5.41) is 15.8. The Bertz CT molecular complexity index is 2450. The number of sulfone groups is 1. The number of benzene rings is 2. The fourth-order valence-electron chi connectivity index (χ4n) is 4.63. The van der Waals surface area contributed by atoms with Crippen LogP contribution in [0.5, 0.6) is 11.8 Å². The molecule has 0 spiro atoms. The van der Waals surface area contributed by atoms with E-state index in [2.05, 4.69) is 19.9 Å². The third kappa shape index (κ3) is 11.7. The van der Waals surface area contributed by atoms with E-state index >= 15 is 0 Å². The molecule has 0 unspecified atom stereocenters. The minimum Gasteiger partial charge on any atom is -0.512 e. The van der Waals surface area contributed by atoms with Crippen molar-refractivity contribution in [3.63, 3.8) is 0 Å². The van der Waals surface area contributed by atoms with E-state index in [-0.39, 0.29) is 65.2 Å². The van der Waals surface area contributed by atoms with Gasteiger partial charge in [-0.3, -0.25) is 4.39 Å². The van der Waals surface area contributed by atoms with Crippen LogP contribution in [0.4, 0.5) is 4.39 Å². The fourth-order valence-corrected chi connectivity index (χ4v) is 5.13. The topological polar surface area (TPSA) is 212 Å². The molecule has 0 saturated heterocycles.